The summed E-state index contributed by atoms with van der Waals surface area (Å²) < 4.78 is 56.6. The van der Waals surface area contributed by atoms with Gasteiger partial charge in [-0.1, -0.05) is 13.0 Å². The van der Waals surface area contributed by atoms with Crippen LogP contribution in [0.2, 0.25) is 0 Å². The lowest BCUT2D eigenvalue weighted by Gasteiger charge is -2.25. The van der Waals surface area contributed by atoms with Crippen LogP contribution in [0, 0.1) is 0 Å². The molecule has 1 saturated heterocycles. The molecule has 0 amide bonds. The molecule has 2 aromatic heterocycles. The van der Waals surface area contributed by atoms with Crippen molar-refractivity contribution >= 4 is 9.84 Å². The van der Waals surface area contributed by atoms with E-state index in [0.29, 0.717) is 47.8 Å². The number of sulfone groups is 1. The van der Waals surface area contributed by atoms with E-state index >= 15 is 0 Å². The Hall–Kier alpha value is -3.29. The molecule has 13 heteroatoms. The fourth-order valence-corrected chi connectivity index (χ4v) is 5.62. The third kappa shape index (κ3) is 5.53. The standard InChI is InChI=1S/C24H31N5O7S/c1-15(23-25-11-17(32-3)12-26-23)16(2)37(30,31)14-21-27-28-24(20-13-35-9-10-36-20)29(21)22-18(33-4)7-6-8-19(22)34-5/h6-8,11-12,15-16,20H,9-10,13-14H2,1-5H3/t15-,16-,20+/m0/s1. The van der Waals surface area contributed by atoms with Gasteiger partial charge >= 0.3 is 0 Å². The Labute approximate surface area is 215 Å². The molecular weight excluding hydrogens is 502 g/mol. The molecule has 3 atom stereocenters. The number of ether oxygens (including phenoxy) is 5. The molecular formula is C24H31N5O7S. The van der Waals surface area contributed by atoms with Crippen LogP contribution in [-0.4, -0.2) is 79.6 Å². The maximum atomic E-state index is 13.6. The second-order valence-electron chi connectivity index (χ2n) is 8.54. The molecule has 200 valence electrons. The van der Waals surface area contributed by atoms with E-state index in [1.165, 1.54) is 33.7 Å². The molecule has 0 unspecified atom stereocenters. The first kappa shape index (κ1) is 26.8. The molecule has 0 radical (unpaired) electrons. The number of nitrogens with zero attached hydrogens (tertiary/aromatic N) is 5. The highest BCUT2D eigenvalue weighted by Crippen LogP contribution is 2.37. The predicted molar refractivity (Wildman–Crippen MR) is 133 cm³/mol. The number of rotatable bonds is 10. The van der Waals surface area contributed by atoms with Gasteiger partial charge in [0.25, 0.3) is 0 Å². The molecule has 1 aliphatic heterocycles. The minimum atomic E-state index is -3.75. The first-order chi connectivity index (χ1) is 17.8. The smallest absolute Gasteiger partial charge is 0.169 e. The number of methoxy groups -OCH3 is 3. The van der Waals surface area contributed by atoms with Crippen LogP contribution in [0.3, 0.4) is 0 Å². The van der Waals surface area contributed by atoms with Gasteiger partial charge in [-0.15, -0.1) is 10.2 Å². The monoisotopic (exact) mass is 533 g/mol. The molecule has 1 aliphatic rings. The van der Waals surface area contributed by atoms with Gasteiger partial charge in [0.05, 0.1) is 58.8 Å². The van der Waals surface area contributed by atoms with Gasteiger partial charge in [0.15, 0.2) is 27.2 Å². The second kappa shape index (κ2) is 11.4. The highest BCUT2D eigenvalue weighted by Gasteiger charge is 2.34. The van der Waals surface area contributed by atoms with Crippen molar-refractivity contribution in [3.05, 3.63) is 48.1 Å². The van der Waals surface area contributed by atoms with E-state index < -0.39 is 32.9 Å². The lowest BCUT2D eigenvalue weighted by atomic mass is 10.1. The molecule has 1 aromatic carbocycles. The van der Waals surface area contributed by atoms with Gasteiger partial charge in [-0.05, 0) is 19.1 Å². The topological polar surface area (TPSA) is 137 Å². The number of para-hydroxylation sites is 1. The Kier molecular flexibility index (Phi) is 8.25. The molecule has 0 bridgehead atoms. The number of hydrogen-bond acceptors (Lipinski definition) is 11. The van der Waals surface area contributed by atoms with Crippen LogP contribution in [0.25, 0.3) is 5.69 Å². The summed E-state index contributed by atoms with van der Waals surface area (Å²) in [5.74, 6) is 1.53. The van der Waals surface area contributed by atoms with Gasteiger partial charge in [0, 0.05) is 5.92 Å². The molecule has 12 nitrogen and oxygen atoms in total. The second-order valence-corrected chi connectivity index (χ2v) is 10.9. The Morgan fingerprint density at radius 3 is 2.27 bits per heavy atom. The average molecular weight is 534 g/mol. The lowest BCUT2D eigenvalue weighted by molar-refractivity contribution is -0.0942. The number of aromatic nitrogens is 5. The highest BCUT2D eigenvalue weighted by molar-refractivity contribution is 7.91. The Bertz CT molecular complexity index is 1290. The van der Waals surface area contributed by atoms with E-state index in [0.717, 1.165) is 0 Å². The van der Waals surface area contributed by atoms with Crippen LogP contribution in [0.1, 0.15) is 43.3 Å². The number of benzene rings is 1. The zero-order chi connectivity index (χ0) is 26.6. The van der Waals surface area contributed by atoms with Crippen LogP contribution in [0.4, 0.5) is 0 Å². The summed E-state index contributed by atoms with van der Waals surface area (Å²) in [5, 5.41) is 7.79. The summed E-state index contributed by atoms with van der Waals surface area (Å²) in [7, 11) is 0.813. The maximum Gasteiger partial charge on any atom is 0.169 e. The van der Waals surface area contributed by atoms with Crippen LogP contribution >= 0.6 is 0 Å². The molecule has 0 aliphatic carbocycles. The van der Waals surface area contributed by atoms with Crippen molar-refractivity contribution in [3.8, 4) is 22.9 Å². The van der Waals surface area contributed by atoms with Crippen molar-refractivity contribution in [1.29, 1.82) is 0 Å². The minimum absolute atomic E-state index is 0.196. The van der Waals surface area contributed by atoms with E-state index in [9.17, 15) is 8.42 Å². The molecule has 4 rings (SSSR count). The molecule has 0 spiro atoms. The molecule has 0 saturated carbocycles. The summed E-state index contributed by atoms with van der Waals surface area (Å²) in [6.45, 7) is 4.51. The third-order valence-electron chi connectivity index (χ3n) is 6.38. The lowest BCUT2D eigenvalue weighted by Crippen LogP contribution is -2.28. The van der Waals surface area contributed by atoms with Gasteiger partial charge in [-0.3, -0.25) is 4.57 Å². The van der Waals surface area contributed by atoms with Crippen molar-refractivity contribution in [3.63, 3.8) is 0 Å². The van der Waals surface area contributed by atoms with Crippen molar-refractivity contribution in [2.24, 2.45) is 0 Å². The average Bonchev–Trinajstić information content (AvgIpc) is 3.34. The van der Waals surface area contributed by atoms with E-state index in [-0.39, 0.29) is 12.4 Å². The van der Waals surface area contributed by atoms with E-state index in [4.69, 9.17) is 23.7 Å². The first-order valence-electron chi connectivity index (χ1n) is 11.7. The Balaban J connectivity index is 1.74. The van der Waals surface area contributed by atoms with E-state index in [2.05, 4.69) is 20.2 Å². The van der Waals surface area contributed by atoms with Gasteiger partial charge in [-0.25, -0.2) is 18.4 Å². The highest BCUT2D eigenvalue weighted by atomic mass is 32.2. The van der Waals surface area contributed by atoms with E-state index in [1.54, 1.807) is 36.6 Å². The van der Waals surface area contributed by atoms with Crippen LogP contribution in [-0.2, 0) is 25.1 Å². The van der Waals surface area contributed by atoms with Crippen molar-refractivity contribution in [2.45, 2.75) is 36.9 Å². The molecule has 3 heterocycles. The molecule has 1 fully saturated rings. The zero-order valence-electron chi connectivity index (χ0n) is 21.4. The Morgan fingerprint density at radius 2 is 1.70 bits per heavy atom. The summed E-state index contributed by atoms with van der Waals surface area (Å²) in [6.07, 6.45) is 2.49. The van der Waals surface area contributed by atoms with Crippen molar-refractivity contribution in [1.82, 2.24) is 24.7 Å². The third-order valence-corrected chi connectivity index (χ3v) is 8.58. The van der Waals surface area contributed by atoms with Crippen LogP contribution < -0.4 is 14.2 Å². The summed E-state index contributed by atoms with van der Waals surface area (Å²) in [5.41, 5.74) is 0.478. The summed E-state index contributed by atoms with van der Waals surface area (Å²) in [6, 6.07) is 5.29. The van der Waals surface area contributed by atoms with Crippen LogP contribution in [0.5, 0.6) is 17.2 Å². The van der Waals surface area contributed by atoms with Gasteiger partial charge in [0.1, 0.15) is 34.9 Å². The number of hydrogen-bond donors (Lipinski definition) is 0. The van der Waals surface area contributed by atoms with Gasteiger partial charge in [0.2, 0.25) is 0 Å². The zero-order valence-corrected chi connectivity index (χ0v) is 22.3. The fraction of sp³-hybridized carbons (Fsp3) is 0.500. The summed E-state index contributed by atoms with van der Waals surface area (Å²) in [4.78, 5) is 8.54. The molecule has 37 heavy (non-hydrogen) atoms. The van der Waals surface area contributed by atoms with Gasteiger partial charge in [-0.2, -0.15) is 0 Å². The van der Waals surface area contributed by atoms with Gasteiger partial charge < -0.3 is 23.7 Å². The largest absolute Gasteiger partial charge is 0.494 e. The fourth-order valence-electron chi connectivity index (χ4n) is 4.06. The summed E-state index contributed by atoms with van der Waals surface area (Å²) >= 11 is 0. The predicted octanol–water partition coefficient (Wildman–Crippen LogP) is 2.28. The van der Waals surface area contributed by atoms with Crippen LogP contribution in [0.15, 0.2) is 30.6 Å². The van der Waals surface area contributed by atoms with Crippen molar-refractivity contribution in [2.75, 3.05) is 41.2 Å². The molecule has 3 aromatic rings. The SMILES string of the molecule is COc1cnc([C@@H](C)[C@H](C)S(=O)(=O)Cc2nnc([C@H]3COCCO3)n2-c2c(OC)cccc2OC)nc1. The first-order valence-corrected chi connectivity index (χ1v) is 13.4. The van der Waals surface area contributed by atoms with Crippen molar-refractivity contribution < 1.29 is 32.1 Å². The molecule has 0 N–H and O–H groups in total. The Morgan fingerprint density at radius 1 is 1.03 bits per heavy atom. The van der Waals surface area contributed by atoms with E-state index in [1.807, 2.05) is 0 Å². The minimum Gasteiger partial charge on any atom is -0.494 e. The quantitative estimate of drug-likeness (QED) is 0.379. The maximum absolute atomic E-state index is 13.6. The normalized spacial score (nSPS) is 17.7.